The summed E-state index contributed by atoms with van der Waals surface area (Å²) < 4.78 is 0. The highest BCUT2D eigenvalue weighted by molar-refractivity contribution is 7.13. The van der Waals surface area contributed by atoms with Crippen LogP contribution in [0.5, 0.6) is 0 Å². The normalized spacial score (nSPS) is 17.5. The third-order valence-electron chi connectivity index (χ3n) is 9.90. The molecule has 2 atom stereocenters. The molecule has 0 N–H and O–H groups in total. The van der Waals surface area contributed by atoms with Crippen LogP contribution in [0.25, 0.3) is 21.1 Å². The maximum absolute atomic E-state index is 14.2. The van der Waals surface area contributed by atoms with Gasteiger partial charge >= 0.3 is 0 Å². The molecule has 4 heterocycles. The molecule has 2 aromatic carbocycles. The fourth-order valence-corrected chi connectivity index (χ4v) is 8.72. The van der Waals surface area contributed by atoms with Crippen LogP contribution in [0.4, 0.5) is 0 Å². The standard InChI is InChI=1S/C39H46N4O3S2/c1-27(29-17-9-11-19-31(29)36-40-33(25-47-36)38(45)42-21-13-5-3-6-14-22-42)35(44)28(2)30-18-10-12-20-32(30)37-41-34(26-48-37)39(46)43-23-15-7-4-8-16-24-43/h9-12,17-20,25-28H,3-8,13-16,21-24H2,1-2H3. The first-order chi connectivity index (χ1) is 23.4. The van der Waals surface area contributed by atoms with Gasteiger partial charge in [-0.15, -0.1) is 22.7 Å². The molecule has 6 rings (SSSR count). The van der Waals surface area contributed by atoms with Crippen molar-refractivity contribution in [1.29, 1.82) is 0 Å². The van der Waals surface area contributed by atoms with Gasteiger partial charge in [-0.1, -0.05) is 101 Å². The van der Waals surface area contributed by atoms with Crippen LogP contribution in [-0.2, 0) is 4.79 Å². The lowest BCUT2D eigenvalue weighted by molar-refractivity contribution is -0.121. The van der Waals surface area contributed by atoms with Gasteiger partial charge in [0.2, 0.25) is 0 Å². The van der Waals surface area contributed by atoms with Crippen LogP contribution in [0.3, 0.4) is 0 Å². The van der Waals surface area contributed by atoms with Crippen LogP contribution in [0.2, 0.25) is 0 Å². The summed E-state index contributed by atoms with van der Waals surface area (Å²) in [5.74, 6) is -0.707. The van der Waals surface area contributed by atoms with Crippen molar-refractivity contribution in [3.8, 4) is 21.1 Å². The highest BCUT2D eigenvalue weighted by Gasteiger charge is 2.29. The van der Waals surface area contributed by atoms with Gasteiger partial charge in [0.1, 0.15) is 27.2 Å². The Hall–Kier alpha value is -3.69. The van der Waals surface area contributed by atoms with Crippen LogP contribution in [0, 0.1) is 0 Å². The summed E-state index contributed by atoms with van der Waals surface area (Å²) in [6.07, 6.45) is 11.3. The minimum atomic E-state index is -0.401. The van der Waals surface area contributed by atoms with Crippen molar-refractivity contribution >= 4 is 40.3 Å². The number of thiazole rings is 2. The van der Waals surface area contributed by atoms with Gasteiger partial charge in [0, 0.05) is 59.9 Å². The van der Waals surface area contributed by atoms with Gasteiger partial charge in [0.15, 0.2) is 0 Å². The molecule has 2 aromatic heterocycles. The number of rotatable bonds is 8. The molecule has 0 aliphatic carbocycles. The Morgan fingerprint density at radius 2 is 0.917 bits per heavy atom. The molecule has 7 nitrogen and oxygen atoms in total. The number of likely N-dealkylation sites (tertiary alicyclic amines) is 2. The van der Waals surface area contributed by atoms with Crippen molar-refractivity contribution in [1.82, 2.24) is 19.8 Å². The zero-order chi connectivity index (χ0) is 33.5. The lowest BCUT2D eigenvalue weighted by atomic mass is 9.83. The fourth-order valence-electron chi connectivity index (χ4n) is 7.04. The van der Waals surface area contributed by atoms with Crippen LogP contribution in [0.15, 0.2) is 59.3 Å². The van der Waals surface area contributed by atoms with Crippen LogP contribution < -0.4 is 0 Å². The second kappa shape index (κ2) is 16.1. The molecule has 252 valence electrons. The van der Waals surface area contributed by atoms with Crippen LogP contribution in [0.1, 0.15) is 122 Å². The summed E-state index contributed by atoms with van der Waals surface area (Å²) in [7, 11) is 0. The molecule has 2 saturated heterocycles. The summed E-state index contributed by atoms with van der Waals surface area (Å²) in [5.41, 5.74) is 4.56. The molecular formula is C39H46N4O3S2. The van der Waals surface area contributed by atoms with Gasteiger partial charge in [-0.25, -0.2) is 9.97 Å². The van der Waals surface area contributed by atoms with E-state index in [-0.39, 0.29) is 17.6 Å². The largest absolute Gasteiger partial charge is 0.337 e. The van der Waals surface area contributed by atoms with E-state index in [0.29, 0.717) is 11.4 Å². The SMILES string of the molecule is CC(C(=O)C(C)c1ccccc1-c1nc(C(=O)N2CCCCCCC2)cs1)c1ccccc1-c1nc(C(=O)N2CCCCCCC2)cs1. The monoisotopic (exact) mass is 682 g/mol. The number of nitrogens with zero attached hydrogens (tertiary/aromatic N) is 4. The van der Waals surface area contributed by atoms with Crippen LogP contribution in [-0.4, -0.2) is 63.5 Å². The van der Waals surface area contributed by atoms with Gasteiger partial charge in [-0.2, -0.15) is 0 Å². The number of Topliss-reactive ketones (excluding diaryl/α,β-unsaturated/α-hetero) is 1. The number of hydrogen-bond acceptors (Lipinski definition) is 7. The molecule has 2 amide bonds. The van der Waals surface area contributed by atoms with Crippen molar-refractivity contribution < 1.29 is 14.4 Å². The van der Waals surface area contributed by atoms with E-state index in [1.54, 1.807) is 0 Å². The lowest BCUT2D eigenvalue weighted by Crippen LogP contribution is -2.34. The third-order valence-corrected chi connectivity index (χ3v) is 11.7. The van der Waals surface area contributed by atoms with E-state index < -0.39 is 11.8 Å². The molecule has 2 unspecified atom stereocenters. The second-order valence-corrected chi connectivity index (χ2v) is 14.9. The van der Waals surface area contributed by atoms with E-state index in [9.17, 15) is 14.4 Å². The number of amides is 2. The van der Waals surface area contributed by atoms with E-state index in [1.807, 2.05) is 82.9 Å². The van der Waals surface area contributed by atoms with E-state index in [4.69, 9.17) is 9.97 Å². The van der Waals surface area contributed by atoms with Gasteiger partial charge in [-0.05, 0) is 36.8 Å². The number of benzene rings is 2. The zero-order valence-corrected chi connectivity index (χ0v) is 29.8. The van der Waals surface area contributed by atoms with E-state index >= 15 is 0 Å². The minimum Gasteiger partial charge on any atom is -0.337 e. The van der Waals surface area contributed by atoms with E-state index in [0.717, 1.165) is 110 Å². The number of carbonyl (C=O) groups excluding carboxylic acids is 3. The molecule has 2 aliphatic rings. The number of hydrogen-bond donors (Lipinski definition) is 0. The molecule has 2 aliphatic heterocycles. The topological polar surface area (TPSA) is 83.5 Å². The Balaban J connectivity index is 1.20. The smallest absolute Gasteiger partial charge is 0.273 e. The number of ketones is 1. The average molecular weight is 683 g/mol. The molecule has 0 saturated carbocycles. The van der Waals surface area contributed by atoms with Crippen molar-refractivity contribution in [3.63, 3.8) is 0 Å². The van der Waals surface area contributed by atoms with Gasteiger partial charge in [-0.3, -0.25) is 14.4 Å². The molecule has 2 fully saturated rings. The zero-order valence-electron chi connectivity index (χ0n) is 28.2. The van der Waals surface area contributed by atoms with Crippen molar-refractivity contribution in [3.05, 3.63) is 81.8 Å². The van der Waals surface area contributed by atoms with Gasteiger partial charge < -0.3 is 9.80 Å². The first kappa shape index (κ1) is 34.2. The molecule has 9 heteroatoms. The quantitative estimate of drug-likeness (QED) is 0.185. The maximum Gasteiger partial charge on any atom is 0.273 e. The maximum atomic E-state index is 14.2. The van der Waals surface area contributed by atoms with Gasteiger partial charge in [0.05, 0.1) is 0 Å². The minimum absolute atomic E-state index is 0.000145. The Labute approximate surface area is 292 Å². The highest BCUT2D eigenvalue weighted by Crippen LogP contribution is 2.38. The Morgan fingerprint density at radius 1 is 0.562 bits per heavy atom. The summed E-state index contributed by atoms with van der Waals surface area (Å²) in [6.45, 7) is 7.05. The highest BCUT2D eigenvalue weighted by atomic mass is 32.1. The van der Waals surface area contributed by atoms with E-state index in [1.165, 1.54) is 35.5 Å². The summed E-state index contributed by atoms with van der Waals surface area (Å²) in [5, 5.41) is 5.24. The Kier molecular flexibility index (Phi) is 11.5. The Morgan fingerprint density at radius 3 is 1.31 bits per heavy atom. The fraction of sp³-hybridized carbons (Fsp3) is 0.462. The van der Waals surface area contributed by atoms with Gasteiger partial charge in [0.25, 0.3) is 11.8 Å². The summed E-state index contributed by atoms with van der Waals surface area (Å²) in [6, 6.07) is 15.8. The first-order valence-electron chi connectivity index (χ1n) is 17.6. The lowest BCUT2D eigenvalue weighted by Gasteiger charge is -2.24. The molecule has 4 aromatic rings. The molecule has 0 radical (unpaired) electrons. The number of aromatic nitrogens is 2. The van der Waals surface area contributed by atoms with Crippen molar-refractivity contribution in [2.45, 2.75) is 89.9 Å². The Bertz CT molecular complexity index is 1590. The second-order valence-electron chi connectivity index (χ2n) is 13.2. The molecule has 0 bridgehead atoms. The third kappa shape index (κ3) is 7.78. The molecule has 48 heavy (non-hydrogen) atoms. The molecule has 0 spiro atoms. The average Bonchev–Trinajstić information content (AvgIpc) is 3.78. The summed E-state index contributed by atoms with van der Waals surface area (Å²) in [4.78, 5) is 54.5. The predicted octanol–water partition coefficient (Wildman–Crippen LogP) is 9.22. The molecular weight excluding hydrogens is 637 g/mol. The van der Waals surface area contributed by atoms with Crippen molar-refractivity contribution in [2.24, 2.45) is 0 Å². The number of carbonyl (C=O) groups is 3. The van der Waals surface area contributed by atoms with Crippen molar-refractivity contribution in [2.75, 3.05) is 26.2 Å². The predicted molar refractivity (Wildman–Crippen MR) is 195 cm³/mol. The summed E-state index contributed by atoms with van der Waals surface area (Å²) >= 11 is 2.92. The van der Waals surface area contributed by atoms with Crippen LogP contribution >= 0.6 is 22.7 Å². The first-order valence-corrected chi connectivity index (χ1v) is 19.4. The van der Waals surface area contributed by atoms with E-state index in [2.05, 4.69) is 0 Å².